The van der Waals surface area contributed by atoms with Gasteiger partial charge in [0.05, 0.1) is 29.6 Å². The van der Waals surface area contributed by atoms with Gasteiger partial charge in [-0.3, -0.25) is 19.7 Å². The Bertz CT molecular complexity index is 599. The van der Waals surface area contributed by atoms with Crippen molar-refractivity contribution in [3.05, 3.63) is 33.4 Å². The lowest BCUT2D eigenvalue weighted by Gasteiger charge is -2.20. The summed E-state index contributed by atoms with van der Waals surface area (Å²) in [6.45, 7) is 3.58. The zero-order chi connectivity index (χ0) is 16.9. The Kier molecular flexibility index (Phi) is 5.85. The molecule has 0 saturated heterocycles. The van der Waals surface area contributed by atoms with Crippen LogP contribution in [0.1, 0.15) is 29.3 Å². The number of nitrogens with zero attached hydrogens (tertiary/aromatic N) is 2. The number of carboxylic acid groups (broad SMARTS) is 1. The molecule has 0 radical (unpaired) electrons. The number of carbonyl (C=O) groups excluding carboxylic acids is 1. The van der Waals surface area contributed by atoms with Crippen molar-refractivity contribution in [3.8, 4) is 5.75 Å². The van der Waals surface area contributed by atoms with Gasteiger partial charge in [0, 0.05) is 19.2 Å². The second-order valence-corrected chi connectivity index (χ2v) is 4.61. The molecular formula is C14H18N2O6. The smallest absolute Gasteiger partial charge is 0.305 e. The number of amides is 1. The Balaban J connectivity index is 3.18. The largest absolute Gasteiger partial charge is 0.496 e. The Hall–Kier alpha value is -2.64. The first-order chi connectivity index (χ1) is 10.3. The van der Waals surface area contributed by atoms with Crippen LogP contribution in [0.3, 0.4) is 0 Å². The summed E-state index contributed by atoms with van der Waals surface area (Å²) >= 11 is 0. The number of benzene rings is 1. The van der Waals surface area contributed by atoms with Crippen molar-refractivity contribution in [2.45, 2.75) is 20.3 Å². The van der Waals surface area contributed by atoms with Gasteiger partial charge in [-0.25, -0.2) is 0 Å². The fourth-order valence-corrected chi connectivity index (χ4v) is 2.01. The minimum Gasteiger partial charge on any atom is -0.496 e. The summed E-state index contributed by atoms with van der Waals surface area (Å²) in [7, 11) is 1.36. The van der Waals surface area contributed by atoms with Gasteiger partial charge in [0.1, 0.15) is 5.75 Å². The van der Waals surface area contributed by atoms with Crippen LogP contribution >= 0.6 is 0 Å². The molecule has 120 valence electrons. The molecule has 0 heterocycles. The highest BCUT2D eigenvalue weighted by Gasteiger charge is 2.22. The minimum atomic E-state index is -1.02. The van der Waals surface area contributed by atoms with E-state index in [-0.39, 0.29) is 30.0 Å². The van der Waals surface area contributed by atoms with Crippen molar-refractivity contribution in [1.82, 2.24) is 4.90 Å². The number of methoxy groups -OCH3 is 1. The number of hydrogen-bond acceptors (Lipinski definition) is 5. The van der Waals surface area contributed by atoms with Crippen LogP contribution in [0.15, 0.2) is 12.1 Å². The normalized spacial score (nSPS) is 10.1. The maximum atomic E-state index is 12.4. The summed E-state index contributed by atoms with van der Waals surface area (Å²) in [4.78, 5) is 34.8. The Labute approximate surface area is 127 Å². The molecule has 0 bridgehead atoms. The van der Waals surface area contributed by atoms with Crippen LogP contribution < -0.4 is 4.74 Å². The van der Waals surface area contributed by atoms with Gasteiger partial charge in [0.2, 0.25) is 0 Å². The van der Waals surface area contributed by atoms with Crippen LogP contribution in [0.4, 0.5) is 5.69 Å². The van der Waals surface area contributed by atoms with Gasteiger partial charge in [-0.15, -0.1) is 0 Å². The number of aliphatic carboxylic acids is 1. The molecule has 1 amide bonds. The maximum Gasteiger partial charge on any atom is 0.305 e. The van der Waals surface area contributed by atoms with Crippen LogP contribution in [0.5, 0.6) is 5.75 Å². The number of nitro benzene ring substituents is 1. The molecule has 1 aromatic rings. The molecule has 0 aromatic heterocycles. The second-order valence-electron chi connectivity index (χ2n) is 4.61. The standard InChI is InChI=1S/C14H18N2O6/c1-4-15(6-5-13(17)18)14(19)10-7-11(16(20)21)9(2)12(8-10)22-3/h7-8H,4-6H2,1-3H3,(H,17,18). The monoisotopic (exact) mass is 310 g/mol. The molecular weight excluding hydrogens is 292 g/mol. The maximum absolute atomic E-state index is 12.4. The highest BCUT2D eigenvalue weighted by Crippen LogP contribution is 2.29. The SMILES string of the molecule is CCN(CCC(=O)O)C(=O)c1cc(OC)c(C)c([N+](=O)[O-])c1. The Morgan fingerprint density at radius 1 is 1.41 bits per heavy atom. The number of nitro groups is 1. The molecule has 1 N–H and O–H groups in total. The number of rotatable bonds is 7. The number of carbonyl (C=O) groups is 2. The van der Waals surface area contributed by atoms with Crippen molar-refractivity contribution in [2.24, 2.45) is 0 Å². The summed E-state index contributed by atoms with van der Waals surface area (Å²) in [6.07, 6.45) is -0.190. The molecule has 0 fully saturated rings. The van der Waals surface area contributed by atoms with Gasteiger partial charge < -0.3 is 14.7 Å². The van der Waals surface area contributed by atoms with Crippen LogP contribution in [-0.4, -0.2) is 47.0 Å². The third-order valence-electron chi connectivity index (χ3n) is 3.26. The molecule has 1 rings (SSSR count). The predicted molar refractivity (Wildman–Crippen MR) is 78.2 cm³/mol. The van der Waals surface area contributed by atoms with E-state index in [1.54, 1.807) is 6.92 Å². The van der Waals surface area contributed by atoms with E-state index < -0.39 is 16.8 Å². The molecule has 0 atom stereocenters. The number of carboxylic acids is 1. The molecule has 0 saturated carbocycles. The Morgan fingerprint density at radius 2 is 2.05 bits per heavy atom. The third kappa shape index (κ3) is 3.94. The average molecular weight is 310 g/mol. The fourth-order valence-electron chi connectivity index (χ4n) is 2.01. The lowest BCUT2D eigenvalue weighted by Crippen LogP contribution is -2.32. The summed E-state index contributed by atoms with van der Waals surface area (Å²) in [6, 6.07) is 2.61. The highest BCUT2D eigenvalue weighted by atomic mass is 16.6. The van der Waals surface area contributed by atoms with Gasteiger partial charge in [-0.05, 0) is 19.9 Å². The van der Waals surface area contributed by atoms with Crippen LogP contribution in [0.2, 0.25) is 0 Å². The fraction of sp³-hybridized carbons (Fsp3) is 0.429. The van der Waals surface area contributed by atoms with E-state index in [0.717, 1.165) is 0 Å². The summed E-state index contributed by atoms with van der Waals surface area (Å²) in [5, 5.41) is 19.8. The molecule has 0 spiro atoms. The van der Waals surface area contributed by atoms with Gasteiger partial charge in [0.25, 0.3) is 11.6 Å². The number of hydrogen-bond donors (Lipinski definition) is 1. The first-order valence-electron chi connectivity index (χ1n) is 6.65. The first kappa shape index (κ1) is 17.4. The molecule has 22 heavy (non-hydrogen) atoms. The summed E-state index contributed by atoms with van der Waals surface area (Å²) in [5.74, 6) is -1.24. The molecule has 8 nitrogen and oxygen atoms in total. The van der Waals surface area contributed by atoms with E-state index in [4.69, 9.17) is 9.84 Å². The van der Waals surface area contributed by atoms with E-state index >= 15 is 0 Å². The molecule has 0 aliphatic heterocycles. The van der Waals surface area contributed by atoms with Gasteiger partial charge in [-0.2, -0.15) is 0 Å². The van der Waals surface area contributed by atoms with Crippen LogP contribution in [-0.2, 0) is 4.79 Å². The summed E-state index contributed by atoms with van der Waals surface area (Å²) < 4.78 is 5.07. The lowest BCUT2D eigenvalue weighted by molar-refractivity contribution is -0.385. The molecule has 0 unspecified atom stereocenters. The van der Waals surface area contributed by atoms with Crippen molar-refractivity contribution in [3.63, 3.8) is 0 Å². The lowest BCUT2D eigenvalue weighted by atomic mass is 10.1. The zero-order valence-electron chi connectivity index (χ0n) is 12.7. The second kappa shape index (κ2) is 7.39. The molecule has 0 aliphatic carbocycles. The van der Waals surface area contributed by atoms with E-state index in [1.807, 2.05) is 0 Å². The predicted octanol–water partition coefficient (Wildman–Crippen LogP) is 1.85. The summed E-state index contributed by atoms with van der Waals surface area (Å²) in [5.41, 5.74) is 0.219. The Morgan fingerprint density at radius 3 is 2.50 bits per heavy atom. The van der Waals surface area contributed by atoms with Gasteiger partial charge in [-0.1, -0.05) is 0 Å². The van der Waals surface area contributed by atoms with Gasteiger partial charge in [0.15, 0.2) is 0 Å². The van der Waals surface area contributed by atoms with Crippen molar-refractivity contribution in [1.29, 1.82) is 0 Å². The third-order valence-corrected chi connectivity index (χ3v) is 3.26. The van der Waals surface area contributed by atoms with Gasteiger partial charge >= 0.3 is 5.97 Å². The minimum absolute atomic E-state index is 0.0364. The highest BCUT2D eigenvalue weighted by molar-refractivity contribution is 5.95. The van der Waals surface area contributed by atoms with E-state index in [0.29, 0.717) is 12.1 Å². The van der Waals surface area contributed by atoms with Crippen LogP contribution in [0.25, 0.3) is 0 Å². The van der Waals surface area contributed by atoms with Crippen molar-refractivity contribution >= 4 is 17.6 Å². The number of ether oxygens (including phenoxy) is 1. The molecule has 1 aromatic carbocycles. The topological polar surface area (TPSA) is 110 Å². The average Bonchev–Trinajstić information content (AvgIpc) is 2.47. The van der Waals surface area contributed by atoms with Crippen molar-refractivity contribution < 1.29 is 24.4 Å². The molecule has 0 aliphatic rings. The quantitative estimate of drug-likeness (QED) is 0.608. The molecule has 8 heteroatoms. The van der Waals surface area contributed by atoms with E-state index in [2.05, 4.69) is 0 Å². The van der Waals surface area contributed by atoms with Crippen LogP contribution in [0, 0.1) is 17.0 Å². The first-order valence-corrected chi connectivity index (χ1v) is 6.65. The van der Waals surface area contributed by atoms with E-state index in [1.165, 1.54) is 31.1 Å². The zero-order valence-corrected chi connectivity index (χ0v) is 12.7. The van der Waals surface area contributed by atoms with Crippen molar-refractivity contribution in [2.75, 3.05) is 20.2 Å². The van der Waals surface area contributed by atoms with E-state index in [9.17, 15) is 19.7 Å².